The SMILES string of the molecule is CC(C)C(N)CC(=O)NCC1(C)CCC1. The van der Waals surface area contributed by atoms with Gasteiger partial charge in [-0.15, -0.1) is 0 Å². The first-order valence-corrected chi connectivity index (χ1v) is 5.95. The monoisotopic (exact) mass is 212 g/mol. The molecule has 1 saturated carbocycles. The second-order valence-electron chi connectivity index (χ2n) is 5.55. The molecule has 0 radical (unpaired) electrons. The maximum absolute atomic E-state index is 11.6. The minimum atomic E-state index is -0.0146. The second kappa shape index (κ2) is 4.97. The third kappa shape index (κ3) is 3.82. The van der Waals surface area contributed by atoms with E-state index in [4.69, 9.17) is 5.73 Å². The summed E-state index contributed by atoms with van der Waals surface area (Å²) < 4.78 is 0. The van der Waals surface area contributed by atoms with Crippen LogP contribution < -0.4 is 11.1 Å². The molecule has 1 atom stereocenters. The van der Waals surface area contributed by atoms with Crippen LogP contribution in [0, 0.1) is 11.3 Å². The zero-order valence-electron chi connectivity index (χ0n) is 10.2. The van der Waals surface area contributed by atoms with Gasteiger partial charge in [0.25, 0.3) is 0 Å². The summed E-state index contributed by atoms with van der Waals surface area (Å²) in [5, 5.41) is 2.99. The highest BCUT2D eigenvalue weighted by molar-refractivity contribution is 5.76. The molecular formula is C12H24N2O. The van der Waals surface area contributed by atoms with Crippen LogP contribution in [-0.2, 0) is 4.79 Å². The van der Waals surface area contributed by atoms with Gasteiger partial charge < -0.3 is 11.1 Å². The molecule has 3 nitrogen and oxygen atoms in total. The largest absolute Gasteiger partial charge is 0.356 e. The maximum Gasteiger partial charge on any atom is 0.221 e. The topological polar surface area (TPSA) is 55.1 Å². The van der Waals surface area contributed by atoms with Crippen molar-refractivity contribution in [1.29, 1.82) is 0 Å². The number of nitrogens with one attached hydrogen (secondary N) is 1. The lowest BCUT2D eigenvalue weighted by molar-refractivity contribution is -0.122. The Morgan fingerprint density at radius 1 is 1.47 bits per heavy atom. The number of amides is 1. The van der Waals surface area contributed by atoms with Gasteiger partial charge in [0, 0.05) is 19.0 Å². The van der Waals surface area contributed by atoms with Crippen molar-refractivity contribution in [3.05, 3.63) is 0 Å². The van der Waals surface area contributed by atoms with Gasteiger partial charge in [-0.3, -0.25) is 4.79 Å². The summed E-state index contributed by atoms with van der Waals surface area (Å²) in [7, 11) is 0. The average molecular weight is 212 g/mol. The molecular weight excluding hydrogens is 188 g/mol. The summed E-state index contributed by atoms with van der Waals surface area (Å²) >= 11 is 0. The molecule has 3 heteroatoms. The lowest BCUT2D eigenvalue weighted by Crippen LogP contribution is -2.42. The van der Waals surface area contributed by atoms with Crippen LogP contribution in [0.5, 0.6) is 0 Å². The number of carbonyl (C=O) groups is 1. The summed E-state index contributed by atoms with van der Waals surface area (Å²) in [5.74, 6) is 0.472. The normalized spacial score (nSPS) is 20.9. The molecule has 0 bridgehead atoms. The summed E-state index contributed by atoms with van der Waals surface area (Å²) in [6.45, 7) is 7.15. The van der Waals surface area contributed by atoms with Crippen molar-refractivity contribution < 1.29 is 4.79 Å². The molecule has 0 aromatic rings. The second-order valence-corrected chi connectivity index (χ2v) is 5.55. The van der Waals surface area contributed by atoms with E-state index >= 15 is 0 Å². The fraction of sp³-hybridized carbons (Fsp3) is 0.917. The standard InChI is InChI=1S/C12H24N2O/c1-9(2)10(13)7-11(15)14-8-12(3)5-4-6-12/h9-10H,4-8,13H2,1-3H3,(H,14,15). The van der Waals surface area contributed by atoms with Gasteiger partial charge >= 0.3 is 0 Å². The molecule has 1 aliphatic carbocycles. The van der Waals surface area contributed by atoms with Gasteiger partial charge in [0.15, 0.2) is 0 Å². The Morgan fingerprint density at radius 2 is 2.07 bits per heavy atom. The molecule has 1 aliphatic rings. The fourth-order valence-electron chi connectivity index (χ4n) is 1.79. The number of carbonyl (C=O) groups excluding carboxylic acids is 1. The lowest BCUT2D eigenvalue weighted by atomic mass is 9.70. The van der Waals surface area contributed by atoms with E-state index in [9.17, 15) is 4.79 Å². The molecule has 0 saturated heterocycles. The minimum absolute atomic E-state index is 0.0146. The first-order chi connectivity index (χ1) is 6.93. The molecule has 1 rings (SSSR count). The summed E-state index contributed by atoms with van der Waals surface area (Å²) in [5.41, 5.74) is 6.20. The highest BCUT2D eigenvalue weighted by Gasteiger charge is 2.31. The van der Waals surface area contributed by atoms with E-state index < -0.39 is 0 Å². The Morgan fingerprint density at radius 3 is 2.47 bits per heavy atom. The van der Waals surface area contributed by atoms with E-state index in [1.54, 1.807) is 0 Å². The highest BCUT2D eigenvalue weighted by atomic mass is 16.1. The van der Waals surface area contributed by atoms with Crippen LogP contribution >= 0.6 is 0 Å². The van der Waals surface area contributed by atoms with Crippen molar-refractivity contribution in [2.24, 2.45) is 17.1 Å². The summed E-state index contributed by atoms with van der Waals surface area (Å²) in [4.78, 5) is 11.6. The molecule has 1 amide bonds. The highest BCUT2D eigenvalue weighted by Crippen LogP contribution is 2.39. The van der Waals surface area contributed by atoms with Crippen molar-refractivity contribution >= 4 is 5.91 Å². The lowest BCUT2D eigenvalue weighted by Gasteiger charge is -2.38. The number of hydrogen-bond acceptors (Lipinski definition) is 2. The smallest absolute Gasteiger partial charge is 0.221 e. The Labute approximate surface area is 92.8 Å². The Balaban J connectivity index is 2.18. The van der Waals surface area contributed by atoms with Crippen LogP contribution in [0.25, 0.3) is 0 Å². The van der Waals surface area contributed by atoms with E-state index in [1.807, 2.05) is 13.8 Å². The fourth-order valence-corrected chi connectivity index (χ4v) is 1.79. The van der Waals surface area contributed by atoms with Crippen LogP contribution in [0.15, 0.2) is 0 Å². The third-order valence-corrected chi connectivity index (χ3v) is 3.55. The van der Waals surface area contributed by atoms with Gasteiger partial charge in [-0.25, -0.2) is 0 Å². The molecule has 0 aromatic carbocycles. The van der Waals surface area contributed by atoms with Gasteiger partial charge in [-0.2, -0.15) is 0 Å². The molecule has 0 spiro atoms. The first-order valence-electron chi connectivity index (χ1n) is 5.95. The van der Waals surface area contributed by atoms with E-state index in [0.29, 0.717) is 17.8 Å². The van der Waals surface area contributed by atoms with E-state index in [1.165, 1.54) is 19.3 Å². The van der Waals surface area contributed by atoms with E-state index in [0.717, 1.165) is 6.54 Å². The minimum Gasteiger partial charge on any atom is -0.356 e. The van der Waals surface area contributed by atoms with Gasteiger partial charge in [0.1, 0.15) is 0 Å². The molecule has 15 heavy (non-hydrogen) atoms. The Hall–Kier alpha value is -0.570. The predicted octanol–water partition coefficient (Wildman–Crippen LogP) is 1.67. The Kier molecular flexibility index (Phi) is 4.14. The third-order valence-electron chi connectivity index (χ3n) is 3.55. The molecule has 88 valence electrons. The average Bonchev–Trinajstić information content (AvgIpc) is 2.11. The van der Waals surface area contributed by atoms with Crippen LogP contribution in [0.4, 0.5) is 0 Å². The maximum atomic E-state index is 11.6. The summed E-state index contributed by atoms with van der Waals surface area (Å²) in [6, 6.07) is -0.0146. The first kappa shape index (κ1) is 12.5. The molecule has 0 heterocycles. The molecule has 3 N–H and O–H groups in total. The molecule has 1 unspecified atom stereocenters. The van der Waals surface area contributed by atoms with Crippen molar-refractivity contribution in [1.82, 2.24) is 5.32 Å². The molecule has 1 fully saturated rings. The van der Waals surface area contributed by atoms with Gasteiger partial charge in [-0.1, -0.05) is 27.2 Å². The summed E-state index contributed by atoms with van der Waals surface area (Å²) in [6.07, 6.45) is 4.23. The van der Waals surface area contributed by atoms with E-state index in [-0.39, 0.29) is 11.9 Å². The zero-order valence-corrected chi connectivity index (χ0v) is 10.2. The van der Waals surface area contributed by atoms with E-state index in [2.05, 4.69) is 12.2 Å². The van der Waals surface area contributed by atoms with Gasteiger partial charge in [0.2, 0.25) is 5.91 Å². The molecule has 0 aromatic heterocycles. The molecule has 0 aliphatic heterocycles. The van der Waals surface area contributed by atoms with Crippen LogP contribution in [0.2, 0.25) is 0 Å². The van der Waals surface area contributed by atoms with Crippen LogP contribution in [-0.4, -0.2) is 18.5 Å². The Bertz CT molecular complexity index is 222. The zero-order chi connectivity index (χ0) is 11.5. The van der Waals surface area contributed by atoms with Crippen molar-refractivity contribution in [3.63, 3.8) is 0 Å². The number of rotatable bonds is 5. The quantitative estimate of drug-likeness (QED) is 0.728. The number of hydrogen-bond donors (Lipinski definition) is 2. The van der Waals surface area contributed by atoms with Crippen molar-refractivity contribution in [2.75, 3.05) is 6.54 Å². The predicted molar refractivity (Wildman–Crippen MR) is 62.4 cm³/mol. The van der Waals surface area contributed by atoms with Crippen LogP contribution in [0.1, 0.15) is 46.5 Å². The van der Waals surface area contributed by atoms with Crippen molar-refractivity contribution in [3.8, 4) is 0 Å². The van der Waals surface area contributed by atoms with Crippen molar-refractivity contribution in [2.45, 2.75) is 52.5 Å². The van der Waals surface area contributed by atoms with Gasteiger partial charge in [0.05, 0.1) is 0 Å². The van der Waals surface area contributed by atoms with Gasteiger partial charge in [-0.05, 0) is 24.2 Å². The number of nitrogens with two attached hydrogens (primary N) is 1. The van der Waals surface area contributed by atoms with Crippen LogP contribution in [0.3, 0.4) is 0 Å².